The molecule has 0 spiro atoms. The van der Waals surface area contributed by atoms with Crippen molar-refractivity contribution in [2.45, 2.75) is 26.2 Å². The number of imide groups is 1. The minimum Gasteiger partial charge on any atom is -0.282 e. The Morgan fingerprint density at radius 3 is 2.04 bits per heavy atom. The Kier molecular flexibility index (Phi) is 3.02. The number of carbonyl (C=O) groups is 2. The minimum absolute atomic E-state index is 0.0280. The second-order valence-corrected chi connectivity index (χ2v) is 8.96. The number of hydrogen-bond donors (Lipinski definition) is 0. The van der Waals surface area contributed by atoms with Gasteiger partial charge in [-0.1, -0.05) is 37.6 Å². The van der Waals surface area contributed by atoms with Gasteiger partial charge in [-0.2, -0.15) is 0 Å². The molecule has 3 aliphatic carbocycles. The van der Waals surface area contributed by atoms with Gasteiger partial charge in [-0.05, 0) is 59.6 Å². The van der Waals surface area contributed by atoms with Crippen LogP contribution in [0.5, 0.6) is 0 Å². The van der Waals surface area contributed by atoms with Gasteiger partial charge in [-0.15, -0.1) is 0 Å². The fraction of sp³-hybridized carbons (Fsp3) is 0.600. The Hall–Kier alpha value is -1.35. The van der Waals surface area contributed by atoms with E-state index in [0.717, 1.165) is 11.4 Å². The lowest BCUT2D eigenvalue weighted by Crippen LogP contribution is -2.36. The van der Waals surface area contributed by atoms with E-state index in [9.17, 15) is 9.59 Å². The van der Waals surface area contributed by atoms with Gasteiger partial charge in [-0.3, -0.25) is 14.5 Å². The van der Waals surface area contributed by atoms with E-state index in [0.29, 0.717) is 42.1 Å². The van der Waals surface area contributed by atoms with Crippen LogP contribution < -0.4 is 0 Å². The molecule has 4 fully saturated rings. The van der Waals surface area contributed by atoms with Gasteiger partial charge in [0.15, 0.2) is 0 Å². The molecule has 3 saturated carbocycles. The Bertz CT molecular complexity index is 694. The summed E-state index contributed by atoms with van der Waals surface area (Å²) in [5.41, 5.74) is 1.34. The highest BCUT2D eigenvalue weighted by molar-refractivity contribution is 6.30. The second kappa shape index (κ2) is 4.85. The molecule has 2 bridgehead atoms. The minimum atomic E-state index is -0.0280. The molecule has 0 N–H and O–H groups in total. The monoisotopic (exact) mass is 343 g/mol. The van der Waals surface area contributed by atoms with Gasteiger partial charge in [0.25, 0.3) is 0 Å². The number of fused-ring (bicyclic) bond motifs is 8. The molecule has 1 aromatic carbocycles. The molecule has 1 aliphatic heterocycles. The first-order chi connectivity index (χ1) is 11.5. The Balaban J connectivity index is 1.42. The summed E-state index contributed by atoms with van der Waals surface area (Å²) in [6.45, 7) is 4.72. The lowest BCUT2D eigenvalue weighted by atomic mass is 9.81. The third kappa shape index (κ3) is 1.79. The summed E-state index contributed by atoms with van der Waals surface area (Å²) in [7, 11) is 0. The molecule has 1 heterocycles. The smallest absolute Gasteiger partial charge is 0.233 e. The van der Waals surface area contributed by atoms with Gasteiger partial charge in [0.2, 0.25) is 11.8 Å². The van der Waals surface area contributed by atoms with E-state index in [2.05, 4.69) is 26.0 Å². The number of nitrogens with zero attached hydrogens (tertiary/aromatic N) is 1. The average molecular weight is 344 g/mol. The summed E-state index contributed by atoms with van der Waals surface area (Å²) in [6, 6.07) is 8.15. The van der Waals surface area contributed by atoms with Gasteiger partial charge in [0.1, 0.15) is 0 Å². The van der Waals surface area contributed by atoms with Crippen LogP contribution in [0.4, 0.5) is 0 Å². The zero-order chi connectivity index (χ0) is 16.7. The summed E-state index contributed by atoms with van der Waals surface area (Å²) < 4.78 is 0. The van der Waals surface area contributed by atoms with Gasteiger partial charge in [0.05, 0.1) is 11.8 Å². The van der Waals surface area contributed by atoms with E-state index >= 15 is 0 Å². The summed E-state index contributed by atoms with van der Waals surface area (Å²) in [5, 5.41) is 0.763. The van der Waals surface area contributed by atoms with Crippen molar-refractivity contribution in [1.82, 2.24) is 4.90 Å². The maximum absolute atomic E-state index is 12.9. The van der Waals surface area contributed by atoms with Crippen LogP contribution in [0.15, 0.2) is 24.3 Å². The molecule has 1 aromatic rings. The zero-order valence-electron chi connectivity index (χ0n) is 14.0. The lowest BCUT2D eigenvalue weighted by Gasteiger charge is -2.20. The maximum Gasteiger partial charge on any atom is 0.233 e. The SMILES string of the molecule is CC(C)CN1C(=O)[C@@H]2[C@H]3C[C@@H]([C@@H]2C1=O)[C@@H]1C(c2ccc(Cl)cc2)[C@H]31. The van der Waals surface area contributed by atoms with E-state index in [-0.39, 0.29) is 23.7 Å². The molecule has 4 aliphatic rings. The molecular weight excluding hydrogens is 322 g/mol. The molecule has 0 radical (unpaired) electrons. The van der Waals surface area contributed by atoms with Crippen LogP contribution in [0.25, 0.3) is 0 Å². The van der Waals surface area contributed by atoms with Gasteiger partial charge in [0, 0.05) is 11.6 Å². The lowest BCUT2D eigenvalue weighted by molar-refractivity contribution is -0.141. The first-order valence-electron chi connectivity index (χ1n) is 9.09. The molecule has 5 rings (SSSR count). The van der Waals surface area contributed by atoms with E-state index in [1.807, 2.05) is 12.1 Å². The van der Waals surface area contributed by atoms with E-state index in [1.54, 1.807) is 4.90 Å². The first-order valence-corrected chi connectivity index (χ1v) is 9.47. The second-order valence-electron chi connectivity index (χ2n) is 8.53. The van der Waals surface area contributed by atoms with Crippen molar-refractivity contribution in [3.63, 3.8) is 0 Å². The molecular formula is C20H22ClNO2. The largest absolute Gasteiger partial charge is 0.282 e. The third-order valence-corrected chi connectivity index (χ3v) is 7.13. The van der Waals surface area contributed by atoms with E-state index in [1.165, 1.54) is 5.56 Å². The Labute approximate surface area is 147 Å². The van der Waals surface area contributed by atoms with Crippen molar-refractivity contribution in [1.29, 1.82) is 0 Å². The van der Waals surface area contributed by atoms with Crippen molar-refractivity contribution in [2.75, 3.05) is 6.54 Å². The van der Waals surface area contributed by atoms with Crippen molar-refractivity contribution < 1.29 is 9.59 Å². The van der Waals surface area contributed by atoms with Crippen molar-refractivity contribution >= 4 is 23.4 Å². The standard InChI is InChI=1S/C20H22ClNO2/c1-9(2)8-22-19(23)17-12-7-13(18(17)20(22)24)16-14(15(12)16)10-3-5-11(21)6-4-10/h3-6,9,12-18H,7-8H2,1-2H3/t12-,13+,14?,15-,16+,17+,18-. The molecule has 126 valence electrons. The highest BCUT2D eigenvalue weighted by Crippen LogP contribution is 2.77. The molecule has 0 aromatic heterocycles. The topological polar surface area (TPSA) is 37.4 Å². The van der Waals surface area contributed by atoms with Gasteiger partial charge >= 0.3 is 0 Å². The summed E-state index contributed by atoms with van der Waals surface area (Å²) in [4.78, 5) is 27.3. The zero-order valence-corrected chi connectivity index (χ0v) is 14.7. The normalized spacial score (nSPS) is 42.0. The van der Waals surface area contributed by atoms with Crippen molar-refractivity contribution in [3.8, 4) is 0 Å². The highest BCUT2D eigenvalue weighted by atomic mass is 35.5. The maximum atomic E-state index is 12.9. The molecule has 24 heavy (non-hydrogen) atoms. The van der Waals surface area contributed by atoms with Crippen LogP contribution in [0.2, 0.25) is 5.02 Å². The summed E-state index contributed by atoms with van der Waals surface area (Å²) in [6.07, 6.45) is 1.09. The number of benzene rings is 1. The highest BCUT2D eigenvalue weighted by Gasteiger charge is 2.75. The van der Waals surface area contributed by atoms with E-state index < -0.39 is 0 Å². The van der Waals surface area contributed by atoms with Crippen LogP contribution in [0.1, 0.15) is 31.7 Å². The number of rotatable bonds is 3. The fourth-order valence-electron chi connectivity index (χ4n) is 6.21. The number of likely N-dealkylation sites (tertiary alicyclic amines) is 1. The number of amides is 2. The average Bonchev–Trinajstić information content (AvgIpc) is 2.90. The van der Waals surface area contributed by atoms with Crippen molar-refractivity contribution in [2.24, 2.45) is 41.4 Å². The van der Waals surface area contributed by atoms with E-state index in [4.69, 9.17) is 11.6 Å². The first kappa shape index (κ1) is 14.9. The van der Waals surface area contributed by atoms with Gasteiger partial charge < -0.3 is 0 Å². The molecule has 4 heteroatoms. The summed E-state index contributed by atoms with van der Waals surface area (Å²) in [5.74, 6) is 3.10. The molecule has 1 unspecified atom stereocenters. The number of carbonyl (C=O) groups excluding carboxylic acids is 2. The van der Waals surface area contributed by atoms with Crippen LogP contribution >= 0.6 is 11.6 Å². The number of halogens is 1. The van der Waals surface area contributed by atoms with Crippen LogP contribution in [0.3, 0.4) is 0 Å². The van der Waals surface area contributed by atoms with Crippen LogP contribution in [-0.2, 0) is 9.59 Å². The van der Waals surface area contributed by atoms with Crippen LogP contribution in [-0.4, -0.2) is 23.3 Å². The molecule has 7 atom stereocenters. The Morgan fingerprint density at radius 1 is 1.00 bits per heavy atom. The van der Waals surface area contributed by atoms with Gasteiger partial charge in [-0.25, -0.2) is 0 Å². The summed E-state index contributed by atoms with van der Waals surface area (Å²) >= 11 is 6.01. The fourth-order valence-corrected chi connectivity index (χ4v) is 6.34. The quantitative estimate of drug-likeness (QED) is 0.787. The predicted molar refractivity (Wildman–Crippen MR) is 91.3 cm³/mol. The predicted octanol–water partition coefficient (Wildman–Crippen LogP) is 3.58. The number of hydrogen-bond acceptors (Lipinski definition) is 2. The molecule has 3 nitrogen and oxygen atoms in total. The van der Waals surface area contributed by atoms with Crippen molar-refractivity contribution in [3.05, 3.63) is 34.9 Å². The Morgan fingerprint density at radius 2 is 1.54 bits per heavy atom. The van der Waals surface area contributed by atoms with Crippen LogP contribution in [0, 0.1) is 41.4 Å². The molecule has 1 saturated heterocycles. The molecule has 2 amide bonds. The third-order valence-electron chi connectivity index (χ3n) is 6.88.